The Morgan fingerprint density at radius 1 is 1.56 bits per heavy atom. The first-order valence-corrected chi connectivity index (χ1v) is 5.76. The van der Waals surface area contributed by atoms with Gasteiger partial charge < -0.3 is 15.0 Å². The third-order valence-electron chi connectivity index (χ3n) is 3.10. The molecule has 0 spiro atoms. The van der Waals surface area contributed by atoms with Gasteiger partial charge in [0.15, 0.2) is 11.6 Å². The summed E-state index contributed by atoms with van der Waals surface area (Å²) in [6.07, 6.45) is 4.26. The molecule has 1 aliphatic heterocycles. The Labute approximate surface area is 96.6 Å². The highest BCUT2D eigenvalue weighted by Gasteiger charge is 2.21. The van der Waals surface area contributed by atoms with E-state index in [0.29, 0.717) is 6.04 Å². The summed E-state index contributed by atoms with van der Waals surface area (Å²) in [5.41, 5.74) is 0. The van der Waals surface area contributed by atoms with Crippen LogP contribution in [0.2, 0.25) is 0 Å². The maximum absolute atomic E-state index is 5.34. The zero-order chi connectivity index (χ0) is 11.4. The van der Waals surface area contributed by atoms with Crippen molar-refractivity contribution in [3.8, 4) is 5.75 Å². The molecule has 0 aromatic carbocycles. The molecule has 2 heterocycles. The fourth-order valence-electron chi connectivity index (χ4n) is 2.18. The first kappa shape index (κ1) is 11.2. The first-order chi connectivity index (χ1) is 7.85. The number of aromatic nitrogens is 1. The monoisotopic (exact) mass is 221 g/mol. The molecule has 1 unspecified atom stereocenters. The lowest BCUT2D eigenvalue weighted by Crippen LogP contribution is -2.44. The zero-order valence-electron chi connectivity index (χ0n) is 9.94. The van der Waals surface area contributed by atoms with Crippen molar-refractivity contribution in [1.82, 2.24) is 10.3 Å². The summed E-state index contributed by atoms with van der Waals surface area (Å²) < 4.78 is 5.34. The molecule has 0 aliphatic carbocycles. The maximum atomic E-state index is 5.34. The van der Waals surface area contributed by atoms with Gasteiger partial charge in [-0.05, 0) is 32.0 Å². The van der Waals surface area contributed by atoms with Crippen molar-refractivity contribution < 1.29 is 4.74 Å². The molecule has 1 aromatic rings. The minimum atomic E-state index is 0.556. The molecule has 88 valence electrons. The Morgan fingerprint density at radius 3 is 3.19 bits per heavy atom. The van der Waals surface area contributed by atoms with Gasteiger partial charge in [-0.3, -0.25) is 0 Å². The van der Waals surface area contributed by atoms with Gasteiger partial charge in [0.2, 0.25) is 0 Å². The Hall–Kier alpha value is -1.29. The molecule has 1 aromatic heterocycles. The number of piperidine rings is 1. The molecule has 0 saturated carbocycles. The van der Waals surface area contributed by atoms with E-state index >= 15 is 0 Å². The third-order valence-corrected chi connectivity index (χ3v) is 3.10. The van der Waals surface area contributed by atoms with Crippen molar-refractivity contribution in [2.24, 2.45) is 0 Å². The van der Waals surface area contributed by atoms with E-state index in [1.807, 2.05) is 25.4 Å². The minimum Gasteiger partial charge on any atom is -0.493 e. The number of hydrogen-bond donors (Lipinski definition) is 1. The van der Waals surface area contributed by atoms with Crippen LogP contribution in [0, 0.1) is 0 Å². The molecule has 16 heavy (non-hydrogen) atoms. The van der Waals surface area contributed by atoms with E-state index in [-0.39, 0.29) is 0 Å². The SMILES string of the molecule is CNC1CCCN(c2ncccc2OC)C1. The molecule has 1 aliphatic rings. The Balaban J connectivity index is 2.16. The average molecular weight is 221 g/mol. The quantitative estimate of drug-likeness (QED) is 0.834. The Bertz CT molecular complexity index is 343. The summed E-state index contributed by atoms with van der Waals surface area (Å²) in [6, 6.07) is 4.42. The number of pyridine rings is 1. The molecule has 1 fully saturated rings. The van der Waals surface area contributed by atoms with Gasteiger partial charge in [-0.1, -0.05) is 0 Å². The summed E-state index contributed by atoms with van der Waals surface area (Å²) in [7, 11) is 3.71. The normalized spacial score (nSPS) is 20.9. The van der Waals surface area contributed by atoms with Crippen molar-refractivity contribution in [1.29, 1.82) is 0 Å². The summed E-state index contributed by atoms with van der Waals surface area (Å²) in [5.74, 6) is 1.82. The predicted molar refractivity (Wildman–Crippen MR) is 65.1 cm³/mol. The van der Waals surface area contributed by atoms with Crippen LogP contribution in [0.5, 0.6) is 5.75 Å². The second-order valence-corrected chi connectivity index (χ2v) is 4.10. The number of ether oxygens (including phenoxy) is 1. The van der Waals surface area contributed by atoms with E-state index < -0.39 is 0 Å². The van der Waals surface area contributed by atoms with Gasteiger partial charge in [0.1, 0.15) is 0 Å². The number of anilines is 1. The van der Waals surface area contributed by atoms with Crippen LogP contribution in [0.4, 0.5) is 5.82 Å². The van der Waals surface area contributed by atoms with E-state index in [9.17, 15) is 0 Å². The van der Waals surface area contributed by atoms with Gasteiger partial charge in [-0.2, -0.15) is 0 Å². The van der Waals surface area contributed by atoms with Crippen LogP contribution in [0.15, 0.2) is 18.3 Å². The van der Waals surface area contributed by atoms with Gasteiger partial charge in [-0.25, -0.2) is 4.98 Å². The van der Waals surface area contributed by atoms with Crippen molar-refractivity contribution >= 4 is 5.82 Å². The lowest BCUT2D eigenvalue weighted by molar-refractivity contribution is 0.403. The van der Waals surface area contributed by atoms with Crippen LogP contribution < -0.4 is 15.0 Å². The van der Waals surface area contributed by atoms with Crippen LogP contribution in [0.25, 0.3) is 0 Å². The summed E-state index contributed by atoms with van der Waals surface area (Å²) in [6.45, 7) is 2.06. The molecule has 2 rings (SSSR count). The van der Waals surface area contributed by atoms with Crippen LogP contribution in [0.3, 0.4) is 0 Å². The van der Waals surface area contributed by atoms with E-state index in [1.165, 1.54) is 12.8 Å². The molecule has 0 amide bonds. The maximum Gasteiger partial charge on any atom is 0.171 e. The summed E-state index contributed by atoms with van der Waals surface area (Å²) in [5, 5.41) is 3.33. The number of hydrogen-bond acceptors (Lipinski definition) is 4. The minimum absolute atomic E-state index is 0.556. The largest absolute Gasteiger partial charge is 0.493 e. The number of methoxy groups -OCH3 is 1. The van der Waals surface area contributed by atoms with E-state index in [1.54, 1.807) is 7.11 Å². The van der Waals surface area contributed by atoms with Gasteiger partial charge >= 0.3 is 0 Å². The summed E-state index contributed by atoms with van der Waals surface area (Å²) >= 11 is 0. The van der Waals surface area contributed by atoms with Crippen molar-refractivity contribution in [3.63, 3.8) is 0 Å². The van der Waals surface area contributed by atoms with E-state index in [2.05, 4.69) is 15.2 Å². The fraction of sp³-hybridized carbons (Fsp3) is 0.583. The highest BCUT2D eigenvalue weighted by atomic mass is 16.5. The number of rotatable bonds is 3. The standard InChI is InChI=1S/C12H19N3O/c1-13-10-5-4-8-15(9-10)12-11(16-2)6-3-7-14-12/h3,6-7,10,13H,4-5,8-9H2,1-2H3. The summed E-state index contributed by atoms with van der Waals surface area (Å²) in [4.78, 5) is 6.71. The Morgan fingerprint density at radius 2 is 2.44 bits per heavy atom. The van der Waals surface area contributed by atoms with Gasteiger partial charge in [-0.15, -0.1) is 0 Å². The first-order valence-electron chi connectivity index (χ1n) is 5.76. The van der Waals surface area contributed by atoms with Crippen molar-refractivity contribution in [3.05, 3.63) is 18.3 Å². The van der Waals surface area contributed by atoms with Gasteiger partial charge in [0.05, 0.1) is 7.11 Å². The van der Waals surface area contributed by atoms with E-state index in [0.717, 1.165) is 24.7 Å². The van der Waals surface area contributed by atoms with Gasteiger partial charge in [0, 0.05) is 25.3 Å². The van der Waals surface area contributed by atoms with E-state index in [4.69, 9.17) is 4.74 Å². The van der Waals surface area contributed by atoms with Crippen LogP contribution >= 0.6 is 0 Å². The molecule has 4 nitrogen and oxygen atoms in total. The lowest BCUT2D eigenvalue weighted by Gasteiger charge is -2.33. The number of nitrogens with zero attached hydrogens (tertiary/aromatic N) is 2. The highest BCUT2D eigenvalue weighted by molar-refractivity contribution is 5.52. The zero-order valence-corrected chi connectivity index (χ0v) is 9.94. The fourth-order valence-corrected chi connectivity index (χ4v) is 2.18. The third kappa shape index (κ3) is 2.27. The molecule has 1 atom stereocenters. The second-order valence-electron chi connectivity index (χ2n) is 4.10. The molecular weight excluding hydrogens is 202 g/mol. The predicted octanol–water partition coefficient (Wildman–Crippen LogP) is 1.28. The van der Waals surface area contributed by atoms with Crippen molar-refractivity contribution in [2.75, 3.05) is 32.1 Å². The lowest BCUT2D eigenvalue weighted by atomic mass is 10.1. The second kappa shape index (κ2) is 5.16. The molecule has 0 bridgehead atoms. The molecule has 0 radical (unpaired) electrons. The molecular formula is C12H19N3O. The van der Waals surface area contributed by atoms with Gasteiger partial charge in [0.25, 0.3) is 0 Å². The molecule has 1 saturated heterocycles. The number of likely N-dealkylation sites (N-methyl/N-ethyl adjacent to an activating group) is 1. The number of nitrogens with one attached hydrogen (secondary N) is 1. The van der Waals surface area contributed by atoms with Crippen LogP contribution in [-0.2, 0) is 0 Å². The smallest absolute Gasteiger partial charge is 0.171 e. The van der Waals surface area contributed by atoms with Crippen LogP contribution in [0.1, 0.15) is 12.8 Å². The topological polar surface area (TPSA) is 37.4 Å². The highest BCUT2D eigenvalue weighted by Crippen LogP contribution is 2.27. The molecule has 4 heteroatoms. The van der Waals surface area contributed by atoms with Crippen LogP contribution in [-0.4, -0.2) is 38.3 Å². The Kier molecular flexibility index (Phi) is 3.62. The average Bonchev–Trinajstić information content (AvgIpc) is 2.38. The van der Waals surface area contributed by atoms with Crippen molar-refractivity contribution in [2.45, 2.75) is 18.9 Å². The molecule has 1 N–H and O–H groups in total.